The van der Waals surface area contributed by atoms with Crippen molar-refractivity contribution in [2.75, 3.05) is 11.8 Å². The maximum absolute atomic E-state index is 12.1. The minimum atomic E-state index is -3.64. The molecule has 8 heteroatoms. The van der Waals surface area contributed by atoms with Crippen LogP contribution in [0.2, 0.25) is 0 Å². The summed E-state index contributed by atoms with van der Waals surface area (Å²) in [5.41, 5.74) is 0.528. The number of nitrogens with zero attached hydrogens (tertiary/aromatic N) is 1. The van der Waals surface area contributed by atoms with Gasteiger partial charge in [-0.05, 0) is 12.1 Å². The molecular weight excluding hydrogens is 298 g/mol. The van der Waals surface area contributed by atoms with Crippen LogP contribution < -0.4 is 10.0 Å². The molecule has 20 heavy (non-hydrogen) atoms. The summed E-state index contributed by atoms with van der Waals surface area (Å²) in [6.45, 7) is 0. The van der Waals surface area contributed by atoms with E-state index in [1.807, 2.05) is 0 Å². The van der Waals surface area contributed by atoms with Crippen LogP contribution in [0.15, 0.2) is 40.6 Å². The van der Waals surface area contributed by atoms with Gasteiger partial charge in [-0.2, -0.15) is 0 Å². The molecule has 0 spiro atoms. The molecule has 0 aliphatic carbocycles. The summed E-state index contributed by atoms with van der Waals surface area (Å²) < 4.78 is 26.5. The Morgan fingerprint density at radius 3 is 2.65 bits per heavy atom. The SMILES string of the molecule is CNC(=O)Cc1csc(NS(=O)(=O)c2ccccc2)n1. The second-order valence-corrected chi connectivity index (χ2v) is 6.45. The molecule has 0 saturated carbocycles. The highest BCUT2D eigenvalue weighted by Crippen LogP contribution is 2.20. The molecule has 0 aliphatic heterocycles. The molecule has 1 amide bonds. The minimum absolute atomic E-state index is 0.125. The number of thiazole rings is 1. The van der Waals surface area contributed by atoms with Crippen molar-refractivity contribution < 1.29 is 13.2 Å². The zero-order valence-corrected chi connectivity index (χ0v) is 12.3. The van der Waals surface area contributed by atoms with Gasteiger partial charge in [-0.25, -0.2) is 13.4 Å². The van der Waals surface area contributed by atoms with Gasteiger partial charge in [0, 0.05) is 12.4 Å². The summed E-state index contributed by atoms with van der Waals surface area (Å²) in [6, 6.07) is 8.04. The summed E-state index contributed by atoms with van der Waals surface area (Å²) in [4.78, 5) is 15.5. The minimum Gasteiger partial charge on any atom is -0.359 e. The molecule has 1 aromatic heterocycles. The van der Waals surface area contributed by atoms with Crippen molar-refractivity contribution in [2.24, 2.45) is 0 Å². The van der Waals surface area contributed by atoms with Gasteiger partial charge < -0.3 is 5.32 Å². The predicted octanol–water partition coefficient (Wildman–Crippen LogP) is 1.23. The summed E-state index contributed by atoms with van der Waals surface area (Å²) in [5.74, 6) is -0.173. The van der Waals surface area contributed by atoms with Gasteiger partial charge in [0.25, 0.3) is 10.0 Å². The van der Waals surface area contributed by atoms with Gasteiger partial charge >= 0.3 is 0 Å². The van der Waals surface area contributed by atoms with Crippen LogP contribution >= 0.6 is 11.3 Å². The molecule has 1 aromatic carbocycles. The second kappa shape index (κ2) is 6.02. The fraction of sp³-hybridized carbons (Fsp3) is 0.167. The lowest BCUT2D eigenvalue weighted by Gasteiger charge is -2.04. The molecule has 0 atom stereocenters. The molecule has 2 N–H and O–H groups in total. The zero-order chi connectivity index (χ0) is 14.6. The monoisotopic (exact) mass is 311 g/mol. The van der Waals surface area contributed by atoms with Crippen LogP contribution in [0.4, 0.5) is 5.13 Å². The van der Waals surface area contributed by atoms with Crippen LogP contribution in [0, 0.1) is 0 Å². The van der Waals surface area contributed by atoms with Crippen LogP contribution in [0.1, 0.15) is 5.69 Å². The van der Waals surface area contributed by atoms with Gasteiger partial charge in [-0.1, -0.05) is 18.2 Å². The van der Waals surface area contributed by atoms with Crippen molar-refractivity contribution in [2.45, 2.75) is 11.3 Å². The van der Waals surface area contributed by atoms with E-state index in [1.165, 1.54) is 19.2 Å². The van der Waals surface area contributed by atoms with Crippen molar-refractivity contribution in [1.29, 1.82) is 0 Å². The van der Waals surface area contributed by atoms with Crippen molar-refractivity contribution in [3.8, 4) is 0 Å². The van der Waals surface area contributed by atoms with E-state index < -0.39 is 10.0 Å². The van der Waals surface area contributed by atoms with E-state index in [0.717, 1.165) is 11.3 Å². The number of carbonyl (C=O) groups excluding carboxylic acids is 1. The predicted molar refractivity (Wildman–Crippen MR) is 77.1 cm³/mol. The van der Waals surface area contributed by atoms with Crippen molar-refractivity contribution in [3.05, 3.63) is 41.4 Å². The average molecular weight is 311 g/mol. The lowest BCUT2D eigenvalue weighted by Crippen LogP contribution is -2.20. The van der Waals surface area contributed by atoms with E-state index in [9.17, 15) is 13.2 Å². The highest BCUT2D eigenvalue weighted by molar-refractivity contribution is 7.93. The standard InChI is InChI=1S/C12H13N3O3S2/c1-13-11(16)7-9-8-19-12(14-9)15-20(17,18)10-5-3-2-4-6-10/h2-6,8H,7H2,1H3,(H,13,16)(H,14,15). The first kappa shape index (κ1) is 14.5. The first-order valence-corrected chi connectivity index (χ1v) is 8.10. The number of aromatic nitrogens is 1. The maximum Gasteiger partial charge on any atom is 0.263 e. The highest BCUT2D eigenvalue weighted by Gasteiger charge is 2.16. The third kappa shape index (κ3) is 3.55. The van der Waals surface area contributed by atoms with E-state index in [1.54, 1.807) is 23.6 Å². The first-order chi connectivity index (χ1) is 9.51. The molecule has 0 bridgehead atoms. The molecule has 106 valence electrons. The van der Waals surface area contributed by atoms with Crippen molar-refractivity contribution in [3.63, 3.8) is 0 Å². The van der Waals surface area contributed by atoms with E-state index in [-0.39, 0.29) is 22.4 Å². The number of nitrogens with one attached hydrogen (secondary N) is 2. The van der Waals surface area contributed by atoms with Crippen molar-refractivity contribution in [1.82, 2.24) is 10.3 Å². The average Bonchev–Trinajstić information content (AvgIpc) is 2.86. The molecule has 2 aromatic rings. The van der Waals surface area contributed by atoms with E-state index >= 15 is 0 Å². The third-order valence-electron chi connectivity index (χ3n) is 2.45. The summed E-state index contributed by atoms with van der Waals surface area (Å²) in [7, 11) is -2.10. The number of sulfonamides is 1. The van der Waals surface area contributed by atoms with Gasteiger partial charge in [0.05, 0.1) is 17.0 Å². The number of hydrogen-bond acceptors (Lipinski definition) is 5. The molecule has 0 unspecified atom stereocenters. The largest absolute Gasteiger partial charge is 0.359 e. The van der Waals surface area contributed by atoms with Crippen LogP contribution in [-0.2, 0) is 21.2 Å². The Bertz CT molecular complexity index is 696. The Morgan fingerprint density at radius 1 is 1.30 bits per heavy atom. The molecule has 2 rings (SSSR count). The Morgan fingerprint density at radius 2 is 2.00 bits per heavy atom. The molecule has 0 radical (unpaired) electrons. The lowest BCUT2D eigenvalue weighted by atomic mass is 10.3. The van der Waals surface area contributed by atoms with E-state index in [4.69, 9.17) is 0 Å². The quantitative estimate of drug-likeness (QED) is 0.869. The van der Waals surface area contributed by atoms with Crippen molar-refractivity contribution >= 4 is 32.4 Å². The Labute approximate surface area is 120 Å². The lowest BCUT2D eigenvalue weighted by molar-refractivity contribution is -0.120. The van der Waals surface area contributed by atoms with Crippen LogP contribution in [0.3, 0.4) is 0 Å². The van der Waals surface area contributed by atoms with Gasteiger partial charge in [0.1, 0.15) is 0 Å². The molecule has 1 heterocycles. The number of anilines is 1. The number of carbonyl (C=O) groups is 1. The highest BCUT2D eigenvalue weighted by atomic mass is 32.2. The summed E-state index contributed by atoms with van der Waals surface area (Å²) in [5, 5.41) is 4.38. The maximum atomic E-state index is 12.1. The zero-order valence-electron chi connectivity index (χ0n) is 10.7. The smallest absolute Gasteiger partial charge is 0.263 e. The number of hydrogen-bond donors (Lipinski definition) is 2. The first-order valence-electron chi connectivity index (χ1n) is 5.74. The van der Waals surface area contributed by atoms with Gasteiger partial charge in [0.2, 0.25) is 5.91 Å². The number of amides is 1. The number of likely N-dealkylation sites (N-methyl/N-ethyl adjacent to an activating group) is 1. The Kier molecular flexibility index (Phi) is 4.35. The fourth-order valence-electron chi connectivity index (χ4n) is 1.46. The van der Waals surface area contributed by atoms with Gasteiger partial charge in [0.15, 0.2) is 5.13 Å². The third-order valence-corrected chi connectivity index (χ3v) is 4.74. The molecule has 6 nitrogen and oxygen atoms in total. The van der Waals surface area contributed by atoms with Gasteiger partial charge in [-0.3, -0.25) is 9.52 Å². The Balaban J connectivity index is 2.13. The van der Waals surface area contributed by atoms with Crippen LogP contribution in [0.25, 0.3) is 0 Å². The summed E-state index contributed by atoms with van der Waals surface area (Å²) in [6.07, 6.45) is 0.125. The Hall–Kier alpha value is -1.93. The van der Waals surface area contributed by atoms with Crippen LogP contribution in [-0.4, -0.2) is 26.4 Å². The molecule has 0 fully saturated rings. The van der Waals surface area contributed by atoms with E-state index in [0.29, 0.717) is 5.69 Å². The van der Waals surface area contributed by atoms with Gasteiger partial charge in [-0.15, -0.1) is 11.3 Å². The van der Waals surface area contributed by atoms with E-state index in [2.05, 4.69) is 15.0 Å². The second-order valence-electron chi connectivity index (χ2n) is 3.91. The molecule has 0 saturated heterocycles. The molecule has 0 aliphatic rings. The number of benzene rings is 1. The van der Waals surface area contributed by atoms with Crippen LogP contribution in [0.5, 0.6) is 0 Å². The topological polar surface area (TPSA) is 88.2 Å². The summed E-state index contributed by atoms with van der Waals surface area (Å²) >= 11 is 1.14. The normalized spacial score (nSPS) is 11.1. The molecular formula is C12H13N3O3S2. The fourth-order valence-corrected chi connectivity index (χ4v) is 3.45. The number of rotatable bonds is 5.